The summed E-state index contributed by atoms with van der Waals surface area (Å²) in [5.41, 5.74) is 1.31. The van der Waals surface area contributed by atoms with E-state index < -0.39 is 5.97 Å². The zero-order chi connectivity index (χ0) is 15.5. The van der Waals surface area contributed by atoms with Gasteiger partial charge in [-0.1, -0.05) is 58.8 Å². The Balaban J connectivity index is 2.51. The molecule has 0 unspecified atom stereocenters. The largest absolute Gasteiger partial charge is 0.478 e. The Bertz CT molecular complexity index is 407. The molecule has 0 saturated carbocycles. The standard InChI is InChI=1S/C18H30O3/c1-3-5-7-9-11-13-16-17(18(19)20)15(14-21-16)12-10-8-6-4-2/h14H,3-13H2,1-2H3,(H,19,20). The van der Waals surface area contributed by atoms with E-state index in [1.807, 2.05) is 0 Å². The summed E-state index contributed by atoms with van der Waals surface area (Å²) in [6, 6.07) is 0. The van der Waals surface area contributed by atoms with E-state index in [0.29, 0.717) is 11.3 Å². The van der Waals surface area contributed by atoms with E-state index in [9.17, 15) is 9.90 Å². The third-order valence-electron chi connectivity index (χ3n) is 3.96. The normalized spacial score (nSPS) is 11.0. The molecule has 0 aliphatic heterocycles. The second-order valence-electron chi connectivity index (χ2n) is 5.84. The van der Waals surface area contributed by atoms with Crippen LogP contribution in [0.1, 0.15) is 93.3 Å². The highest BCUT2D eigenvalue weighted by molar-refractivity contribution is 5.90. The molecule has 0 spiro atoms. The van der Waals surface area contributed by atoms with Crippen molar-refractivity contribution in [2.75, 3.05) is 0 Å². The molecule has 0 bridgehead atoms. The fourth-order valence-electron chi connectivity index (χ4n) is 2.69. The Morgan fingerprint density at radius 1 is 0.952 bits per heavy atom. The summed E-state index contributed by atoms with van der Waals surface area (Å²) in [6.45, 7) is 4.37. The summed E-state index contributed by atoms with van der Waals surface area (Å²) in [4.78, 5) is 11.5. The van der Waals surface area contributed by atoms with Gasteiger partial charge in [-0.3, -0.25) is 0 Å². The molecular weight excluding hydrogens is 264 g/mol. The Kier molecular flexibility index (Phi) is 8.88. The summed E-state index contributed by atoms with van der Waals surface area (Å²) in [6.07, 6.45) is 13.7. The van der Waals surface area contributed by atoms with E-state index in [-0.39, 0.29) is 0 Å². The fraction of sp³-hybridized carbons (Fsp3) is 0.722. The number of rotatable bonds is 12. The highest BCUT2D eigenvalue weighted by Gasteiger charge is 2.19. The smallest absolute Gasteiger partial charge is 0.339 e. The zero-order valence-electron chi connectivity index (χ0n) is 13.6. The van der Waals surface area contributed by atoms with Crippen molar-refractivity contribution < 1.29 is 14.3 Å². The topological polar surface area (TPSA) is 50.4 Å². The molecule has 3 heteroatoms. The van der Waals surface area contributed by atoms with Gasteiger partial charge in [0.05, 0.1) is 6.26 Å². The van der Waals surface area contributed by atoms with E-state index in [1.54, 1.807) is 6.26 Å². The lowest BCUT2D eigenvalue weighted by atomic mass is 10.0. The molecule has 1 N–H and O–H groups in total. The zero-order valence-corrected chi connectivity index (χ0v) is 13.6. The summed E-state index contributed by atoms with van der Waals surface area (Å²) in [5.74, 6) is -0.165. The molecule has 0 aliphatic carbocycles. The van der Waals surface area contributed by atoms with Crippen molar-refractivity contribution >= 4 is 5.97 Å². The van der Waals surface area contributed by atoms with Gasteiger partial charge in [0.15, 0.2) is 0 Å². The average Bonchev–Trinajstić information content (AvgIpc) is 2.86. The first-order valence-corrected chi connectivity index (χ1v) is 8.53. The minimum Gasteiger partial charge on any atom is -0.478 e. The highest BCUT2D eigenvalue weighted by atomic mass is 16.4. The lowest BCUT2D eigenvalue weighted by molar-refractivity contribution is 0.0693. The predicted molar refractivity (Wildman–Crippen MR) is 86.0 cm³/mol. The van der Waals surface area contributed by atoms with Gasteiger partial charge in [0.1, 0.15) is 11.3 Å². The van der Waals surface area contributed by atoms with Crippen molar-refractivity contribution in [3.05, 3.63) is 23.2 Å². The van der Waals surface area contributed by atoms with Crippen LogP contribution in [0.15, 0.2) is 10.7 Å². The first-order chi connectivity index (χ1) is 10.2. The van der Waals surface area contributed by atoms with Crippen LogP contribution < -0.4 is 0 Å². The maximum Gasteiger partial charge on any atom is 0.339 e. The van der Waals surface area contributed by atoms with E-state index in [4.69, 9.17) is 4.42 Å². The number of aryl methyl sites for hydroxylation is 2. The van der Waals surface area contributed by atoms with Crippen LogP contribution in [-0.2, 0) is 12.8 Å². The first kappa shape index (κ1) is 17.8. The molecule has 0 fully saturated rings. The van der Waals surface area contributed by atoms with Crippen molar-refractivity contribution in [2.45, 2.75) is 84.5 Å². The van der Waals surface area contributed by atoms with Crippen LogP contribution in [-0.4, -0.2) is 11.1 Å². The van der Waals surface area contributed by atoms with Crippen LogP contribution in [0.2, 0.25) is 0 Å². The number of hydrogen-bond acceptors (Lipinski definition) is 2. The van der Waals surface area contributed by atoms with Crippen LogP contribution in [0.3, 0.4) is 0 Å². The lowest BCUT2D eigenvalue weighted by Crippen LogP contribution is -2.03. The summed E-state index contributed by atoms with van der Waals surface area (Å²) >= 11 is 0. The number of carboxylic acid groups (broad SMARTS) is 1. The number of furan rings is 1. The quantitative estimate of drug-likeness (QED) is 0.509. The Morgan fingerprint density at radius 3 is 2.14 bits per heavy atom. The molecule has 3 nitrogen and oxygen atoms in total. The SMILES string of the molecule is CCCCCCCc1occ(CCCCCC)c1C(=O)O. The molecule has 21 heavy (non-hydrogen) atoms. The fourth-order valence-corrected chi connectivity index (χ4v) is 2.69. The Labute approximate surface area is 128 Å². The molecular formula is C18H30O3. The molecule has 1 heterocycles. The molecule has 1 rings (SSSR count). The second kappa shape index (κ2) is 10.5. The maximum atomic E-state index is 11.5. The number of hydrogen-bond donors (Lipinski definition) is 1. The van der Waals surface area contributed by atoms with Gasteiger partial charge >= 0.3 is 5.97 Å². The van der Waals surface area contributed by atoms with E-state index in [0.717, 1.165) is 44.1 Å². The molecule has 0 amide bonds. The van der Waals surface area contributed by atoms with Crippen LogP contribution in [0.25, 0.3) is 0 Å². The van der Waals surface area contributed by atoms with Gasteiger partial charge in [0.2, 0.25) is 0 Å². The maximum absolute atomic E-state index is 11.5. The van der Waals surface area contributed by atoms with Gasteiger partial charge in [-0.15, -0.1) is 0 Å². The molecule has 0 atom stereocenters. The number of aromatic carboxylic acids is 1. The summed E-state index contributed by atoms with van der Waals surface area (Å²) < 4.78 is 5.54. The molecule has 0 radical (unpaired) electrons. The molecule has 120 valence electrons. The molecule has 0 aromatic carbocycles. The summed E-state index contributed by atoms with van der Waals surface area (Å²) in [7, 11) is 0. The Hall–Kier alpha value is -1.25. The molecule has 0 aliphatic rings. The van der Waals surface area contributed by atoms with E-state index in [1.165, 1.54) is 32.1 Å². The first-order valence-electron chi connectivity index (χ1n) is 8.53. The minimum absolute atomic E-state index is 0.432. The van der Waals surface area contributed by atoms with Crippen molar-refractivity contribution in [3.8, 4) is 0 Å². The summed E-state index contributed by atoms with van der Waals surface area (Å²) in [5, 5.41) is 9.42. The van der Waals surface area contributed by atoms with Gasteiger partial charge in [-0.05, 0) is 19.3 Å². The van der Waals surface area contributed by atoms with Crippen LogP contribution in [0, 0.1) is 0 Å². The molecule has 1 aromatic rings. The van der Waals surface area contributed by atoms with Crippen molar-refractivity contribution in [3.63, 3.8) is 0 Å². The highest BCUT2D eigenvalue weighted by Crippen LogP contribution is 2.22. The monoisotopic (exact) mass is 294 g/mol. The van der Waals surface area contributed by atoms with Crippen LogP contribution in [0.4, 0.5) is 0 Å². The molecule has 1 aromatic heterocycles. The van der Waals surface area contributed by atoms with Crippen molar-refractivity contribution in [2.24, 2.45) is 0 Å². The van der Waals surface area contributed by atoms with Gasteiger partial charge < -0.3 is 9.52 Å². The van der Waals surface area contributed by atoms with Crippen molar-refractivity contribution in [1.29, 1.82) is 0 Å². The lowest BCUT2D eigenvalue weighted by Gasteiger charge is -2.02. The van der Waals surface area contributed by atoms with Gasteiger partial charge in [0.25, 0.3) is 0 Å². The third-order valence-corrected chi connectivity index (χ3v) is 3.96. The third kappa shape index (κ3) is 6.36. The van der Waals surface area contributed by atoms with Gasteiger partial charge in [-0.2, -0.15) is 0 Å². The van der Waals surface area contributed by atoms with Crippen molar-refractivity contribution in [1.82, 2.24) is 0 Å². The van der Waals surface area contributed by atoms with Gasteiger partial charge in [-0.25, -0.2) is 4.79 Å². The average molecular weight is 294 g/mol. The number of carbonyl (C=O) groups is 1. The van der Waals surface area contributed by atoms with Crippen LogP contribution in [0.5, 0.6) is 0 Å². The number of carboxylic acids is 1. The van der Waals surface area contributed by atoms with E-state index in [2.05, 4.69) is 13.8 Å². The predicted octanol–water partition coefficient (Wildman–Crippen LogP) is 5.61. The number of unbranched alkanes of at least 4 members (excludes halogenated alkanes) is 7. The van der Waals surface area contributed by atoms with Gasteiger partial charge in [0, 0.05) is 12.0 Å². The Morgan fingerprint density at radius 2 is 1.52 bits per heavy atom. The minimum atomic E-state index is -0.835. The van der Waals surface area contributed by atoms with E-state index >= 15 is 0 Å². The second-order valence-corrected chi connectivity index (χ2v) is 5.84. The molecule has 0 saturated heterocycles. The van der Waals surface area contributed by atoms with Crippen LogP contribution >= 0.6 is 0 Å².